The van der Waals surface area contributed by atoms with E-state index in [2.05, 4.69) is 39.9 Å². The molecule has 1 aliphatic heterocycles. The number of guanidine groups is 1. The Hall–Kier alpha value is -1.20. The SMILES string of the molecule is CN=C(NCCSc1ccccc1)NCC1CCOC1. The summed E-state index contributed by atoms with van der Waals surface area (Å²) in [6.07, 6.45) is 1.15. The molecule has 0 amide bonds. The fourth-order valence-electron chi connectivity index (χ4n) is 2.06. The van der Waals surface area contributed by atoms with E-state index < -0.39 is 0 Å². The lowest BCUT2D eigenvalue weighted by atomic mass is 10.1. The van der Waals surface area contributed by atoms with Gasteiger partial charge in [0.1, 0.15) is 0 Å². The molecule has 0 spiro atoms. The summed E-state index contributed by atoms with van der Waals surface area (Å²) < 4.78 is 5.37. The second kappa shape index (κ2) is 8.87. The second-order valence-corrected chi connectivity index (χ2v) is 5.94. The van der Waals surface area contributed by atoms with E-state index in [4.69, 9.17) is 4.74 Å². The molecule has 2 N–H and O–H groups in total. The van der Waals surface area contributed by atoms with Gasteiger partial charge in [-0.15, -0.1) is 11.8 Å². The number of nitrogens with zero attached hydrogens (tertiary/aromatic N) is 1. The summed E-state index contributed by atoms with van der Waals surface area (Å²) in [5, 5.41) is 6.70. The van der Waals surface area contributed by atoms with Gasteiger partial charge in [-0.3, -0.25) is 4.99 Å². The zero-order valence-electron chi connectivity index (χ0n) is 12.0. The molecule has 1 aliphatic rings. The van der Waals surface area contributed by atoms with Crippen LogP contribution in [0.4, 0.5) is 0 Å². The van der Waals surface area contributed by atoms with Crippen molar-refractivity contribution in [1.82, 2.24) is 10.6 Å². The molecule has 1 aromatic carbocycles. The van der Waals surface area contributed by atoms with Gasteiger partial charge in [-0.1, -0.05) is 18.2 Å². The van der Waals surface area contributed by atoms with Gasteiger partial charge in [-0.2, -0.15) is 0 Å². The normalized spacial score (nSPS) is 19.1. The minimum atomic E-state index is 0.618. The van der Waals surface area contributed by atoms with Crippen molar-refractivity contribution in [1.29, 1.82) is 0 Å². The second-order valence-electron chi connectivity index (χ2n) is 4.77. The maximum Gasteiger partial charge on any atom is 0.191 e. The fraction of sp³-hybridized carbons (Fsp3) is 0.533. The van der Waals surface area contributed by atoms with E-state index in [0.29, 0.717) is 5.92 Å². The molecule has 4 nitrogen and oxygen atoms in total. The van der Waals surface area contributed by atoms with Gasteiger partial charge in [-0.05, 0) is 18.6 Å². The lowest BCUT2D eigenvalue weighted by molar-refractivity contribution is 0.186. The first-order chi connectivity index (χ1) is 9.88. The Kier molecular flexibility index (Phi) is 6.74. The van der Waals surface area contributed by atoms with Crippen LogP contribution >= 0.6 is 11.8 Å². The van der Waals surface area contributed by atoms with E-state index >= 15 is 0 Å². The van der Waals surface area contributed by atoms with Crippen molar-refractivity contribution in [2.45, 2.75) is 11.3 Å². The molecule has 5 heteroatoms. The molecule has 0 radical (unpaired) electrons. The van der Waals surface area contributed by atoms with Crippen molar-refractivity contribution in [3.63, 3.8) is 0 Å². The van der Waals surface area contributed by atoms with Gasteiger partial charge in [0, 0.05) is 43.3 Å². The molecular weight excluding hydrogens is 270 g/mol. The highest BCUT2D eigenvalue weighted by Crippen LogP contribution is 2.15. The number of ether oxygens (including phenoxy) is 1. The van der Waals surface area contributed by atoms with E-state index in [1.807, 2.05) is 24.9 Å². The van der Waals surface area contributed by atoms with Gasteiger partial charge in [-0.25, -0.2) is 0 Å². The van der Waals surface area contributed by atoms with Crippen LogP contribution in [0.2, 0.25) is 0 Å². The average molecular weight is 293 g/mol. The predicted octanol–water partition coefficient (Wildman–Crippen LogP) is 1.98. The van der Waals surface area contributed by atoms with Crippen LogP contribution in [0.3, 0.4) is 0 Å². The minimum absolute atomic E-state index is 0.618. The molecule has 1 saturated heterocycles. The van der Waals surface area contributed by atoms with Gasteiger partial charge in [0.05, 0.1) is 6.61 Å². The zero-order valence-corrected chi connectivity index (χ0v) is 12.8. The first-order valence-electron chi connectivity index (χ1n) is 7.08. The Labute approximate surface area is 125 Å². The van der Waals surface area contributed by atoms with Crippen molar-refractivity contribution >= 4 is 17.7 Å². The van der Waals surface area contributed by atoms with Crippen LogP contribution in [-0.4, -0.2) is 45.1 Å². The molecule has 0 bridgehead atoms. The molecule has 110 valence electrons. The van der Waals surface area contributed by atoms with Gasteiger partial charge >= 0.3 is 0 Å². The largest absolute Gasteiger partial charge is 0.381 e. The van der Waals surface area contributed by atoms with E-state index in [-0.39, 0.29) is 0 Å². The monoisotopic (exact) mass is 293 g/mol. The molecule has 0 saturated carbocycles. The number of thioether (sulfide) groups is 1. The topological polar surface area (TPSA) is 45.7 Å². The summed E-state index contributed by atoms with van der Waals surface area (Å²) in [6, 6.07) is 10.5. The first-order valence-corrected chi connectivity index (χ1v) is 8.07. The highest BCUT2D eigenvalue weighted by molar-refractivity contribution is 7.99. The number of hydrogen-bond donors (Lipinski definition) is 2. The van der Waals surface area contributed by atoms with Crippen molar-refractivity contribution in [3.8, 4) is 0 Å². The molecule has 1 aromatic rings. The standard InChI is InChI=1S/C15H23N3OS/c1-16-15(18-11-13-7-9-19-12-13)17-8-10-20-14-5-3-2-4-6-14/h2-6,13H,7-12H2,1H3,(H2,16,17,18). The maximum absolute atomic E-state index is 5.37. The first kappa shape index (κ1) is 15.2. The molecule has 0 aliphatic carbocycles. The summed E-state index contributed by atoms with van der Waals surface area (Å²) in [7, 11) is 1.81. The number of hydrogen-bond acceptors (Lipinski definition) is 3. The Morgan fingerprint density at radius 1 is 1.35 bits per heavy atom. The third-order valence-corrected chi connectivity index (χ3v) is 4.23. The summed E-state index contributed by atoms with van der Waals surface area (Å²) in [6.45, 7) is 3.60. The van der Waals surface area contributed by atoms with Gasteiger partial charge in [0.2, 0.25) is 0 Å². The van der Waals surface area contributed by atoms with Crippen LogP contribution in [0.25, 0.3) is 0 Å². The number of aliphatic imine (C=N–C) groups is 1. The van der Waals surface area contributed by atoms with Gasteiger partial charge in [0.15, 0.2) is 5.96 Å². The Bertz CT molecular complexity index is 405. The van der Waals surface area contributed by atoms with Crippen molar-refractivity contribution in [2.75, 3.05) is 39.1 Å². The van der Waals surface area contributed by atoms with Crippen molar-refractivity contribution in [3.05, 3.63) is 30.3 Å². The predicted molar refractivity (Wildman–Crippen MR) is 85.5 cm³/mol. The molecule has 1 unspecified atom stereocenters. The molecule has 0 aromatic heterocycles. The van der Waals surface area contributed by atoms with Crippen LogP contribution in [0.15, 0.2) is 40.2 Å². The van der Waals surface area contributed by atoms with Gasteiger partial charge < -0.3 is 15.4 Å². The summed E-state index contributed by atoms with van der Waals surface area (Å²) in [5.74, 6) is 2.52. The number of nitrogens with one attached hydrogen (secondary N) is 2. The maximum atomic E-state index is 5.37. The summed E-state index contributed by atoms with van der Waals surface area (Å²) in [4.78, 5) is 5.54. The molecular formula is C15H23N3OS. The van der Waals surface area contributed by atoms with E-state index in [9.17, 15) is 0 Å². The Balaban J connectivity index is 1.59. The fourth-order valence-corrected chi connectivity index (χ4v) is 2.85. The molecule has 1 fully saturated rings. The minimum Gasteiger partial charge on any atom is -0.381 e. The van der Waals surface area contributed by atoms with Crippen LogP contribution in [0.5, 0.6) is 0 Å². The number of benzene rings is 1. The highest BCUT2D eigenvalue weighted by Gasteiger charge is 2.15. The summed E-state index contributed by atoms with van der Waals surface area (Å²) >= 11 is 1.85. The van der Waals surface area contributed by atoms with Gasteiger partial charge in [0.25, 0.3) is 0 Å². The lowest BCUT2D eigenvalue weighted by Gasteiger charge is -2.14. The van der Waals surface area contributed by atoms with Crippen molar-refractivity contribution in [2.24, 2.45) is 10.9 Å². The van der Waals surface area contributed by atoms with E-state index in [0.717, 1.165) is 44.4 Å². The third-order valence-electron chi connectivity index (χ3n) is 3.21. The molecule has 1 heterocycles. The van der Waals surface area contributed by atoms with Crippen LogP contribution < -0.4 is 10.6 Å². The molecule has 2 rings (SSSR count). The van der Waals surface area contributed by atoms with Crippen LogP contribution in [0.1, 0.15) is 6.42 Å². The van der Waals surface area contributed by atoms with Crippen LogP contribution in [0, 0.1) is 5.92 Å². The lowest BCUT2D eigenvalue weighted by Crippen LogP contribution is -2.40. The van der Waals surface area contributed by atoms with Crippen molar-refractivity contribution < 1.29 is 4.74 Å². The summed E-state index contributed by atoms with van der Waals surface area (Å²) in [5.41, 5.74) is 0. The Morgan fingerprint density at radius 2 is 2.20 bits per heavy atom. The highest BCUT2D eigenvalue weighted by atomic mass is 32.2. The average Bonchev–Trinajstić information content (AvgIpc) is 3.01. The van der Waals surface area contributed by atoms with E-state index in [1.165, 1.54) is 4.90 Å². The quantitative estimate of drug-likeness (QED) is 0.364. The zero-order chi connectivity index (χ0) is 14.0. The molecule has 1 atom stereocenters. The third kappa shape index (κ3) is 5.43. The smallest absolute Gasteiger partial charge is 0.191 e. The Morgan fingerprint density at radius 3 is 2.90 bits per heavy atom. The number of rotatable bonds is 6. The molecule has 20 heavy (non-hydrogen) atoms. The van der Waals surface area contributed by atoms with E-state index in [1.54, 1.807) is 0 Å². The van der Waals surface area contributed by atoms with Crippen LogP contribution in [-0.2, 0) is 4.74 Å².